The van der Waals surface area contributed by atoms with E-state index >= 15 is 0 Å². The summed E-state index contributed by atoms with van der Waals surface area (Å²) in [6, 6.07) is 16.1. The molecule has 1 saturated heterocycles. The lowest BCUT2D eigenvalue weighted by molar-refractivity contribution is -0.123. The van der Waals surface area contributed by atoms with Gasteiger partial charge in [-0.05, 0) is 42.5 Å². The number of benzene rings is 2. The molecule has 1 aliphatic rings. The Balaban J connectivity index is 1.33. The van der Waals surface area contributed by atoms with E-state index in [0.29, 0.717) is 18.8 Å². The van der Waals surface area contributed by atoms with Crippen molar-refractivity contribution in [1.82, 2.24) is 20.9 Å². The number of nitrogens with one attached hydrogen (secondary N) is 4. The average molecular weight is 448 g/mol. The Bertz CT molecular complexity index is 1140. The lowest BCUT2D eigenvalue weighted by Crippen LogP contribution is -2.48. The van der Waals surface area contributed by atoms with E-state index in [9.17, 15) is 9.59 Å². The summed E-state index contributed by atoms with van der Waals surface area (Å²) in [4.78, 5) is 28.2. The van der Waals surface area contributed by atoms with E-state index in [1.165, 1.54) is 5.56 Å². The number of aryl methyl sites for hydroxylation is 1. The monoisotopic (exact) mass is 447 g/mol. The maximum atomic E-state index is 12.7. The van der Waals surface area contributed by atoms with Gasteiger partial charge in [0, 0.05) is 36.1 Å². The number of fused-ring (bicyclic) bond motifs is 1. The molecule has 1 aliphatic heterocycles. The standard InChI is InChI=1S/C26H33N5O2/c1-15(2)24(27)26(33)30-21-12-20(28-14-21)13-29-25(32)23-11-19-9-8-18(10-22(19)31-23)17-6-4-16(3)5-7-17/h4-11,15,20-21,24,28,31H,12-14,27H2,1-3H3,(H,29,32)(H,30,33)/t20?,21?,24-/m1/s1. The van der Waals surface area contributed by atoms with Crippen LogP contribution in [0.4, 0.5) is 0 Å². The molecular formula is C26H33N5O2. The van der Waals surface area contributed by atoms with Gasteiger partial charge >= 0.3 is 0 Å². The van der Waals surface area contributed by atoms with Crippen molar-refractivity contribution in [2.45, 2.75) is 45.3 Å². The third-order valence-electron chi connectivity index (χ3n) is 6.35. The second-order valence-electron chi connectivity index (χ2n) is 9.38. The van der Waals surface area contributed by atoms with Gasteiger partial charge in [-0.1, -0.05) is 55.8 Å². The molecule has 4 rings (SSSR count). The van der Waals surface area contributed by atoms with Crippen molar-refractivity contribution >= 4 is 22.7 Å². The summed E-state index contributed by atoms with van der Waals surface area (Å²) < 4.78 is 0. The molecule has 1 aromatic heterocycles. The molecule has 0 aliphatic carbocycles. The molecule has 33 heavy (non-hydrogen) atoms. The lowest BCUT2D eigenvalue weighted by Gasteiger charge is -2.18. The zero-order valence-electron chi connectivity index (χ0n) is 19.4. The number of rotatable bonds is 7. The number of hydrogen-bond donors (Lipinski definition) is 5. The van der Waals surface area contributed by atoms with E-state index in [1.807, 2.05) is 26.0 Å². The molecule has 0 bridgehead atoms. The summed E-state index contributed by atoms with van der Waals surface area (Å²) in [6.45, 7) is 7.10. The SMILES string of the molecule is Cc1ccc(-c2ccc3cc(C(=O)NCC4CC(NC(=O)[C@H](N)C(C)C)CN4)[nH]c3c2)cc1. The summed E-state index contributed by atoms with van der Waals surface area (Å²) >= 11 is 0. The first kappa shape index (κ1) is 23.0. The second kappa shape index (κ2) is 9.77. The first-order valence-electron chi connectivity index (χ1n) is 11.6. The minimum atomic E-state index is -0.503. The zero-order chi connectivity index (χ0) is 23.5. The Morgan fingerprint density at radius 3 is 2.55 bits per heavy atom. The van der Waals surface area contributed by atoms with Crippen molar-refractivity contribution < 1.29 is 9.59 Å². The Labute approximate surface area is 194 Å². The van der Waals surface area contributed by atoms with Gasteiger partial charge < -0.3 is 26.7 Å². The summed E-state index contributed by atoms with van der Waals surface area (Å²) in [5.74, 6) is -0.164. The summed E-state index contributed by atoms with van der Waals surface area (Å²) in [7, 11) is 0. The first-order chi connectivity index (χ1) is 15.8. The fourth-order valence-electron chi connectivity index (χ4n) is 4.17. The van der Waals surface area contributed by atoms with Gasteiger partial charge in [0.05, 0.1) is 6.04 Å². The molecule has 2 amide bonds. The van der Waals surface area contributed by atoms with Crippen LogP contribution < -0.4 is 21.7 Å². The van der Waals surface area contributed by atoms with E-state index in [4.69, 9.17) is 5.73 Å². The van der Waals surface area contributed by atoms with Crippen LogP contribution in [0, 0.1) is 12.8 Å². The van der Waals surface area contributed by atoms with Crippen LogP contribution in [0.15, 0.2) is 48.5 Å². The quantitative estimate of drug-likeness (QED) is 0.383. The van der Waals surface area contributed by atoms with Crippen LogP contribution in [-0.2, 0) is 4.79 Å². The molecule has 0 spiro atoms. The van der Waals surface area contributed by atoms with E-state index in [0.717, 1.165) is 28.5 Å². The molecule has 3 atom stereocenters. The van der Waals surface area contributed by atoms with Crippen molar-refractivity contribution in [1.29, 1.82) is 0 Å². The van der Waals surface area contributed by atoms with Crippen molar-refractivity contribution in [2.24, 2.45) is 11.7 Å². The van der Waals surface area contributed by atoms with Crippen LogP contribution in [0.3, 0.4) is 0 Å². The normalized spacial score (nSPS) is 19.1. The zero-order valence-corrected chi connectivity index (χ0v) is 19.4. The molecule has 2 unspecified atom stereocenters. The maximum absolute atomic E-state index is 12.7. The number of H-pyrrole nitrogens is 1. The summed E-state index contributed by atoms with van der Waals surface area (Å²) in [5.41, 5.74) is 10.9. The van der Waals surface area contributed by atoms with Gasteiger partial charge in [0.1, 0.15) is 5.69 Å². The number of hydrogen-bond acceptors (Lipinski definition) is 4. The lowest BCUT2D eigenvalue weighted by atomic mass is 10.0. The Morgan fingerprint density at radius 2 is 1.82 bits per heavy atom. The second-order valence-corrected chi connectivity index (χ2v) is 9.38. The van der Waals surface area contributed by atoms with E-state index in [-0.39, 0.29) is 29.8 Å². The molecule has 174 valence electrons. The van der Waals surface area contributed by atoms with Crippen molar-refractivity contribution in [3.63, 3.8) is 0 Å². The van der Waals surface area contributed by atoms with Crippen LogP contribution in [0.1, 0.15) is 36.3 Å². The van der Waals surface area contributed by atoms with Gasteiger partial charge in [0.2, 0.25) is 5.91 Å². The van der Waals surface area contributed by atoms with Crippen LogP contribution in [0.5, 0.6) is 0 Å². The largest absolute Gasteiger partial charge is 0.351 e. The number of amides is 2. The highest BCUT2D eigenvalue weighted by Gasteiger charge is 2.28. The van der Waals surface area contributed by atoms with Gasteiger partial charge in [0.25, 0.3) is 5.91 Å². The van der Waals surface area contributed by atoms with E-state index in [1.54, 1.807) is 0 Å². The first-order valence-corrected chi connectivity index (χ1v) is 11.6. The van der Waals surface area contributed by atoms with Crippen molar-refractivity contribution in [3.05, 3.63) is 59.8 Å². The van der Waals surface area contributed by atoms with Gasteiger partial charge in [0.15, 0.2) is 0 Å². The van der Waals surface area contributed by atoms with Crippen molar-refractivity contribution in [2.75, 3.05) is 13.1 Å². The Kier molecular flexibility index (Phi) is 6.81. The molecule has 2 heterocycles. The molecule has 7 heteroatoms. The smallest absolute Gasteiger partial charge is 0.267 e. The van der Waals surface area contributed by atoms with Gasteiger partial charge in [-0.2, -0.15) is 0 Å². The highest BCUT2D eigenvalue weighted by Crippen LogP contribution is 2.25. The summed E-state index contributed by atoms with van der Waals surface area (Å²) in [5, 5.41) is 10.4. The number of nitrogens with two attached hydrogens (primary N) is 1. The van der Waals surface area contributed by atoms with Crippen LogP contribution in [-0.4, -0.2) is 48.0 Å². The highest BCUT2D eigenvalue weighted by molar-refractivity contribution is 5.98. The van der Waals surface area contributed by atoms with E-state index < -0.39 is 6.04 Å². The van der Waals surface area contributed by atoms with Crippen molar-refractivity contribution in [3.8, 4) is 11.1 Å². The van der Waals surface area contributed by atoms with Crippen LogP contribution in [0.25, 0.3) is 22.0 Å². The van der Waals surface area contributed by atoms with Gasteiger partial charge in [-0.25, -0.2) is 0 Å². The minimum Gasteiger partial charge on any atom is -0.351 e. The maximum Gasteiger partial charge on any atom is 0.267 e. The highest BCUT2D eigenvalue weighted by atomic mass is 16.2. The van der Waals surface area contributed by atoms with Gasteiger partial charge in [-0.3, -0.25) is 9.59 Å². The molecule has 6 N–H and O–H groups in total. The molecule has 3 aromatic rings. The molecule has 1 fully saturated rings. The fourth-order valence-corrected chi connectivity index (χ4v) is 4.17. The predicted octanol–water partition coefficient (Wildman–Crippen LogP) is 2.70. The fraction of sp³-hybridized carbons (Fsp3) is 0.385. The molecule has 0 radical (unpaired) electrons. The van der Waals surface area contributed by atoms with Crippen LogP contribution in [0.2, 0.25) is 0 Å². The minimum absolute atomic E-state index is 0.0254. The number of carbonyl (C=O) groups excluding carboxylic acids is 2. The molecule has 0 saturated carbocycles. The predicted molar refractivity (Wildman–Crippen MR) is 132 cm³/mol. The number of aromatic nitrogens is 1. The Hall–Kier alpha value is -3.16. The molecular weight excluding hydrogens is 414 g/mol. The number of aromatic amines is 1. The average Bonchev–Trinajstić information content (AvgIpc) is 3.43. The number of carbonyl (C=O) groups is 2. The Morgan fingerprint density at radius 1 is 1.09 bits per heavy atom. The van der Waals surface area contributed by atoms with Crippen LogP contribution >= 0.6 is 0 Å². The molecule has 2 aromatic carbocycles. The third kappa shape index (κ3) is 5.43. The summed E-state index contributed by atoms with van der Waals surface area (Å²) in [6.07, 6.45) is 0.753. The van der Waals surface area contributed by atoms with Gasteiger partial charge in [-0.15, -0.1) is 0 Å². The third-order valence-corrected chi connectivity index (χ3v) is 6.35. The van der Waals surface area contributed by atoms with E-state index in [2.05, 4.69) is 64.3 Å². The molecule has 7 nitrogen and oxygen atoms in total. The topological polar surface area (TPSA) is 112 Å².